The summed E-state index contributed by atoms with van der Waals surface area (Å²) in [7, 11) is 3.21. The van der Waals surface area contributed by atoms with Crippen LogP contribution in [0.1, 0.15) is 10.4 Å². The molecule has 1 aromatic heterocycles. The molecule has 0 atom stereocenters. The van der Waals surface area contributed by atoms with Crippen molar-refractivity contribution in [3.05, 3.63) is 28.6 Å². The third-order valence-corrected chi connectivity index (χ3v) is 4.17. The van der Waals surface area contributed by atoms with Gasteiger partial charge in [-0.05, 0) is 30.2 Å². The topological polar surface area (TPSA) is 68.3 Å². The molecule has 1 heterocycles. The fraction of sp³-hybridized carbons (Fsp3) is 0.214. The number of benzene rings is 1. The predicted molar refractivity (Wildman–Crippen MR) is 76.7 cm³/mol. The highest BCUT2D eigenvalue weighted by Crippen LogP contribution is 2.40. The number of nitriles is 1. The van der Waals surface area contributed by atoms with Gasteiger partial charge >= 0.3 is 0 Å². The third kappa shape index (κ3) is 2.35. The Bertz CT molecular complexity index is 634. The SMILES string of the molecule is COc1cc(OC)cc(-c2sc(C#N)c(N)c2C)c1. The van der Waals surface area contributed by atoms with Gasteiger partial charge < -0.3 is 15.2 Å². The van der Waals surface area contributed by atoms with Gasteiger partial charge in [0.25, 0.3) is 0 Å². The van der Waals surface area contributed by atoms with E-state index in [0.29, 0.717) is 22.1 Å². The predicted octanol–water partition coefficient (Wildman–Crippen LogP) is 3.19. The smallest absolute Gasteiger partial charge is 0.128 e. The van der Waals surface area contributed by atoms with Crippen LogP contribution >= 0.6 is 11.3 Å². The van der Waals surface area contributed by atoms with Crippen molar-refractivity contribution in [3.8, 4) is 28.0 Å². The van der Waals surface area contributed by atoms with Crippen LogP contribution in [0.2, 0.25) is 0 Å². The van der Waals surface area contributed by atoms with Crippen molar-refractivity contribution in [2.45, 2.75) is 6.92 Å². The average molecular weight is 274 g/mol. The number of nitrogen functional groups attached to an aromatic ring is 1. The molecule has 0 unspecified atom stereocenters. The number of nitrogens with two attached hydrogens (primary N) is 1. The van der Waals surface area contributed by atoms with Crippen LogP contribution in [-0.2, 0) is 0 Å². The highest BCUT2D eigenvalue weighted by Gasteiger charge is 2.15. The summed E-state index contributed by atoms with van der Waals surface area (Å²) in [6.07, 6.45) is 0. The molecule has 1 aromatic carbocycles. The second-order valence-corrected chi connectivity index (χ2v) is 5.03. The van der Waals surface area contributed by atoms with E-state index in [0.717, 1.165) is 16.0 Å². The highest BCUT2D eigenvalue weighted by molar-refractivity contribution is 7.16. The normalized spacial score (nSPS) is 10.0. The first-order chi connectivity index (χ1) is 9.10. The highest BCUT2D eigenvalue weighted by atomic mass is 32.1. The van der Waals surface area contributed by atoms with Crippen LogP contribution in [-0.4, -0.2) is 14.2 Å². The van der Waals surface area contributed by atoms with Gasteiger partial charge in [0.15, 0.2) is 0 Å². The Labute approximate surface area is 116 Å². The Hall–Kier alpha value is -2.19. The Morgan fingerprint density at radius 2 is 1.74 bits per heavy atom. The van der Waals surface area contributed by atoms with Crippen molar-refractivity contribution in [3.63, 3.8) is 0 Å². The van der Waals surface area contributed by atoms with Gasteiger partial charge in [0.1, 0.15) is 22.4 Å². The van der Waals surface area contributed by atoms with E-state index >= 15 is 0 Å². The zero-order valence-corrected chi connectivity index (χ0v) is 11.8. The first-order valence-electron chi connectivity index (χ1n) is 5.63. The van der Waals surface area contributed by atoms with E-state index in [1.54, 1.807) is 20.3 Å². The summed E-state index contributed by atoms with van der Waals surface area (Å²) in [5, 5.41) is 9.04. The van der Waals surface area contributed by atoms with E-state index in [1.807, 2.05) is 19.1 Å². The Kier molecular flexibility index (Phi) is 3.63. The molecular formula is C14H14N2O2S. The maximum Gasteiger partial charge on any atom is 0.128 e. The summed E-state index contributed by atoms with van der Waals surface area (Å²) in [6, 6.07) is 7.73. The van der Waals surface area contributed by atoms with Gasteiger partial charge in [0, 0.05) is 10.9 Å². The van der Waals surface area contributed by atoms with Crippen LogP contribution in [0.5, 0.6) is 11.5 Å². The largest absolute Gasteiger partial charge is 0.497 e. The molecule has 0 aliphatic rings. The molecule has 4 nitrogen and oxygen atoms in total. The molecule has 0 aliphatic carbocycles. The molecule has 0 saturated heterocycles. The molecule has 0 radical (unpaired) electrons. The molecule has 5 heteroatoms. The zero-order valence-electron chi connectivity index (χ0n) is 11.0. The Morgan fingerprint density at radius 3 is 2.16 bits per heavy atom. The first-order valence-corrected chi connectivity index (χ1v) is 6.44. The number of thiophene rings is 1. The molecule has 0 spiro atoms. The molecule has 2 N–H and O–H groups in total. The number of anilines is 1. The van der Waals surface area contributed by atoms with Crippen molar-refractivity contribution in [1.82, 2.24) is 0 Å². The van der Waals surface area contributed by atoms with Gasteiger partial charge in [-0.1, -0.05) is 0 Å². The first kappa shape index (κ1) is 13.2. The van der Waals surface area contributed by atoms with Crippen LogP contribution in [0.25, 0.3) is 10.4 Å². The second-order valence-electron chi connectivity index (χ2n) is 4.01. The van der Waals surface area contributed by atoms with E-state index in [2.05, 4.69) is 6.07 Å². The molecule has 2 aromatic rings. The lowest BCUT2D eigenvalue weighted by atomic mass is 10.1. The molecule has 19 heavy (non-hydrogen) atoms. The summed E-state index contributed by atoms with van der Waals surface area (Å²) >= 11 is 1.38. The maximum atomic E-state index is 9.04. The fourth-order valence-corrected chi connectivity index (χ4v) is 2.83. The van der Waals surface area contributed by atoms with Crippen molar-refractivity contribution in [1.29, 1.82) is 5.26 Å². The van der Waals surface area contributed by atoms with E-state index in [4.69, 9.17) is 20.5 Å². The van der Waals surface area contributed by atoms with Gasteiger partial charge in [-0.2, -0.15) is 5.26 Å². The lowest BCUT2D eigenvalue weighted by Gasteiger charge is -2.08. The van der Waals surface area contributed by atoms with Gasteiger partial charge in [0.2, 0.25) is 0 Å². The molecule has 0 amide bonds. The maximum absolute atomic E-state index is 9.04. The van der Waals surface area contributed by atoms with Crippen molar-refractivity contribution in [2.75, 3.05) is 20.0 Å². The number of rotatable bonds is 3. The number of methoxy groups -OCH3 is 2. The molecular weight excluding hydrogens is 260 g/mol. The van der Waals surface area contributed by atoms with Crippen molar-refractivity contribution in [2.24, 2.45) is 0 Å². The summed E-state index contributed by atoms with van der Waals surface area (Å²) < 4.78 is 10.5. The number of hydrogen-bond acceptors (Lipinski definition) is 5. The van der Waals surface area contributed by atoms with Crippen molar-refractivity contribution < 1.29 is 9.47 Å². The number of ether oxygens (including phenoxy) is 2. The molecule has 0 bridgehead atoms. The number of hydrogen-bond donors (Lipinski definition) is 1. The monoisotopic (exact) mass is 274 g/mol. The fourth-order valence-electron chi connectivity index (χ4n) is 1.82. The minimum Gasteiger partial charge on any atom is -0.497 e. The summed E-state index contributed by atoms with van der Waals surface area (Å²) in [5.41, 5.74) is 8.31. The van der Waals surface area contributed by atoms with Gasteiger partial charge in [-0.3, -0.25) is 0 Å². The van der Waals surface area contributed by atoms with Crippen LogP contribution in [0, 0.1) is 18.3 Å². The summed E-state index contributed by atoms with van der Waals surface area (Å²) in [6.45, 7) is 1.91. The van der Waals surface area contributed by atoms with Crippen molar-refractivity contribution >= 4 is 17.0 Å². The Balaban J connectivity index is 2.62. The van der Waals surface area contributed by atoms with Gasteiger partial charge in [-0.15, -0.1) is 11.3 Å². The third-order valence-electron chi connectivity index (χ3n) is 2.91. The molecule has 0 fully saturated rings. The minimum atomic E-state index is 0.536. The summed E-state index contributed by atoms with van der Waals surface area (Å²) in [5.74, 6) is 1.42. The molecule has 0 saturated carbocycles. The van der Waals surface area contributed by atoms with Crippen LogP contribution in [0.3, 0.4) is 0 Å². The molecule has 2 rings (SSSR count). The van der Waals surface area contributed by atoms with E-state index < -0.39 is 0 Å². The average Bonchev–Trinajstić information content (AvgIpc) is 2.74. The standard InChI is InChI=1S/C14H14N2O2S/c1-8-13(16)12(7-15)19-14(8)9-4-10(17-2)6-11(5-9)18-3/h4-6H,16H2,1-3H3. The van der Waals surface area contributed by atoms with E-state index in [-0.39, 0.29) is 0 Å². The molecule has 0 aliphatic heterocycles. The zero-order chi connectivity index (χ0) is 14.0. The lowest BCUT2D eigenvalue weighted by Crippen LogP contribution is -1.90. The number of nitrogens with zero attached hydrogens (tertiary/aromatic N) is 1. The lowest BCUT2D eigenvalue weighted by molar-refractivity contribution is 0.394. The molecule has 98 valence electrons. The Morgan fingerprint density at radius 1 is 1.16 bits per heavy atom. The van der Waals surface area contributed by atoms with E-state index in [1.165, 1.54) is 11.3 Å². The van der Waals surface area contributed by atoms with Gasteiger partial charge in [-0.25, -0.2) is 0 Å². The van der Waals surface area contributed by atoms with Crippen LogP contribution < -0.4 is 15.2 Å². The van der Waals surface area contributed by atoms with E-state index in [9.17, 15) is 0 Å². The second kappa shape index (κ2) is 5.21. The minimum absolute atomic E-state index is 0.536. The van der Waals surface area contributed by atoms with Gasteiger partial charge in [0.05, 0.1) is 19.9 Å². The van der Waals surface area contributed by atoms with Crippen LogP contribution in [0.15, 0.2) is 18.2 Å². The van der Waals surface area contributed by atoms with Crippen LogP contribution in [0.4, 0.5) is 5.69 Å². The quantitative estimate of drug-likeness (QED) is 0.933. The summed E-state index contributed by atoms with van der Waals surface area (Å²) in [4.78, 5) is 1.50.